The van der Waals surface area contributed by atoms with Crippen molar-refractivity contribution in [1.82, 2.24) is 25.1 Å². The lowest BCUT2D eigenvalue weighted by atomic mass is 9.94. The van der Waals surface area contributed by atoms with E-state index in [1.165, 1.54) is 0 Å². The van der Waals surface area contributed by atoms with Crippen LogP contribution in [-0.4, -0.2) is 37.5 Å². The molecule has 8 nitrogen and oxygen atoms in total. The Morgan fingerprint density at radius 2 is 1.88 bits per heavy atom. The largest absolute Gasteiger partial charge is 0.419 e. The van der Waals surface area contributed by atoms with Crippen molar-refractivity contribution in [1.29, 1.82) is 0 Å². The minimum absolute atomic E-state index is 0.0224. The minimum atomic E-state index is -0.858. The molecule has 2 atom stereocenters. The van der Waals surface area contributed by atoms with E-state index in [-0.39, 0.29) is 11.9 Å². The second kappa shape index (κ2) is 10.7. The van der Waals surface area contributed by atoms with Crippen molar-refractivity contribution in [2.24, 2.45) is 5.73 Å². The fourth-order valence-corrected chi connectivity index (χ4v) is 6.71. The van der Waals surface area contributed by atoms with Crippen molar-refractivity contribution >= 4 is 28.6 Å². The molecule has 0 unspecified atom stereocenters. The number of nitrogens with two attached hydrogens (primary N) is 1. The maximum absolute atomic E-state index is 14.0. The Hall–Kier alpha value is -3.73. The molecule has 1 fully saturated rings. The highest BCUT2D eigenvalue weighted by Crippen LogP contribution is 2.36. The van der Waals surface area contributed by atoms with Crippen molar-refractivity contribution in [3.05, 3.63) is 92.0 Å². The first-order chi connectivity index (χ1) is 19.3. The Balaban J connectivity index is 1.36. The summed E-state index contributed by atoms with van der Waals surface area (Å²) in [4.78, 5) is 25.3. The fourth-order valence-electron chi connectivity index (χ4n) is 5.14. The van der Waals surface area contributed by atoms with Gasteiger partial charge in [0.1, 0.15) is 5.01 Å². The number of thiazole rings is 2. The van der Waals surface area contributed by atoms with Crippen LogP contribution in [-0.2, 0) is 12.0 Å². The lowest BCUT2D eigenvalue weighted by Gasteiger charge is -2.23. The van der Waals surface area contributed by atoms with Crippen LogP contribution in [0.5, 0.6) is 0 Å². The number of nitrogens with zero attached hydrogens (tertiary/aromatic N) is 5. The molecular weight excluding hydrogens is 541 g/mol. The van der Waals surface area contributed by atoms with Crippen LogP contribution in [0.4, 0.5) is 0 Å². The van der Waals surface area contributed by atoms with E-state index < -0.39 is 5.54 Å². The van der Waals surface area contributed by atoms with Crippen LogP contribution in [0.3, 0.4) is 0 Å². The molecule has 0 spiro atoms. The average molecular weight is 571 g/mol. The number of aryl methyl sites for hydroxylation is 2. The van der Waals surface area contributed by atoms with Gasteiger partial charge in [0.15, 0.2) is 0 Å². The maximum Gasteiger partial charge on any atom is 0.254 e. The van der Waals surface area contributed by atoms with E-state index in [0.717, 1.165) is 45.4 Å². The molecule has 1 aliphatic heterocycles. The normalized spacial score (nSPS) is 16.8. The number of rotatable bonds is 7. The summed E-state index contributed by atoms with van der Waals surface area (Å²) in [6.45, 7) is 6.52. The average Bonchev–Trinajstić information content (AvgIpc) is 3.75. The van der Waals surface area contributed by atoms with Crippen molar-refractivity contribution in [3.8, 4) is 22.7 Å². The van der Waals surface area contributed by atoms with Gasteiger partial charge in [0.25, 0.3) is 5.91 Å². The van der Waals surface area contributed by atoms with Gasteiger partial charge in [0, 0.05) is 39.7 Å². The molecule has 5 aromatic rings. The Labute approximate surface area is 240 Å². The fraction of sp³-hybridized carbons (Fsp3) is 0.300. The Bertz CT molecular complexity index is 1660. The second-order valence-electron chi connectivity index (χ2n) is 10.5. The molecule has 6 rings (SSSR count). The van der Waals surface area contributed by atoms with E-state index in [4.69, 9.17) is 10.2 Å². The first kappa shape index (κ1) is 26.5. The van der Waals surface area contributed by atoms with Crippen LogP contribution in [0.2, 0.25) is 0 Å². The molecule has 1 aliphatic rings. The zero-order valence-corrected chi connectivity index (χ0v) is 24.3. The number of carbonyl (C=O) groups excluding carboxylic acids is 1. The van der Waals surface area contributed by atoms with Gasteiger partial charge >= 0.3 is 0 Å². The van der Waals surface area contributed by atoms with E-state index in [0.29, 0.717) is 35.9 Å². The number of likely N-dealkylation sites (tertiary alicyclic amines) is 1. The summed E-state index contributed by atoms with van der Waals surface area (Å²) in [7, 11) is 0. The highest BCUT2D eigenvalue weighted by atomic mass is 32.1. The molecule has 3 aromatic heterocycles. The zero-order chi connectivity index (χ0) is 27.9. The highest BCUT2D eigenvalue weighted by molar-refractivity contribution is 7.10. The van der Waals surface area contributed by atoms with E-state index in [1.807, 2.05) is 85.0 Å². The quantitative estimate of drug-likeness (QED) is 0.243. The summed E-state index contributed by atoms with van der Waals surface area (Å²) in [5.41, 5.74) is 10.7. The van der Waals surface area contributed by atoms with Crippen LogP contribution >= 0.6 is 22.7 Å². The first-order valence-corrected chi connectivity index (χ1v) is 15.0. The molecule has 0 radical (unpaired) electrons. The van der Waals surface area contributed by atoms with E-state index in [9.17, 15) is 4.79 Å². The molecule has 4 heterocycles. The standard InChI is InChI=1S/C30H30N6O2S2/c1-18-16-40-27(32-18)25-10-7-11-36(25)28(37)23-13-21(24-17-39-19(2)33-24)12-22(14-23)26-34-35-29(38-26)30(3,31)15-20-8-5-4-6-9-20/h4-6,8-9,12-14,16-17,25H,7,10-11,15,31H2,1-3H3/t25-,30+/m1/s1. The summed E-state index contributed by atoms with van der Waals surface area (Å²) in [5, 5.41) is 14.6. The van der Waals surface area contributed by atoms with Gasteiger partial charge in [-0.1, -0.05) is 30.3 Å². The Morgan fingerprint density at radius 1 is 1.07 bits per heavy atom. The van der Waals surface area contributed by atoms with E-state index in [2.05, 4.69) is 20.2 Å². The predicted octanol–water partition coefficient (Wildman–Crippen LogP) is 6.33. The number of benzene rings is 2. The Kier molecular flexibility index (Phi) is 7.07. The summed E-state index contributed by atoms with van der Waals surface area (Å²) < 4.78 is 6.16. The molecule has 40 heavy (non-hydrogen) atoms. The van der Waals surface area contributed by atoms with Crippen molar-refractivity contribution in [2.75, 3.05) is 6.54 Å². The van der Waals surface area contributed by atoms with Crippen molar-refractivity contribution < 1.29 is 9.21 Å². The van der Waals surface area contributed by atoms with Gasteiger partial charge in [0.05, 0.1) is 22.3 Å². The molecular formula is C30H30N6O2S2. The lowest BCUT2D eigenvalue weighted by molar-refractivity contribution is 0.0735. The van der Waals surface area contributed by atoms with Crippen LogP contribution in [0.15, 0.2) is 63.7 Å². The molecule has 2 N–H and O–H groups in total. The van der Waals surface area contributed by atoms with E-state index >= 15 is 0 Å². The monoisotopic (exact) mass is 570 g/mol. The molecule has 0 saturated carbocycles. The lowest BCUT2D eigenvalue weighted by Crippen LogP contribution is -2.35. The Morgan fingerprint density at radius 3 is 2.60 bits per heavy atom. The molecule has 0 bridgehead atoms. The minimum Gasteiger partial charge on any atom is -0.419 e. The zero-order valence-electron chi connectivity index (χ0n) is 22.6. The number of hydrogen-bond donors (Lipinski definition) is 1. The number of hydrogen-bond acceptors (Lipinski definition) is 9. The van der Waals surface area contributed by atoms with Crippen LogP contribution in [0, 0.1) is 13.8 Å². The smallest absolute Gasteiger partial charge is 0.254 e. The summed E-state index contributed by atoms with van der Waals surface area (Å²) in [6.07, 6.45) is 2.39. The van der Waals surface area contributed by atoms with Gasteiger partial charge in [-0.2, -0.15) is 0 Å². The van der Waals surface area contributed by atoms with Crippen LogP contribution in [0.1, 0.15) is 63.3 Å². The highest BCUT2D eigenvalue weighted by Gasteiger charge is 2.33. The van der Waals surface area contributed by atoms with Crippen molar-refractivity contribution in [2.45, 2.75) is 51.6 Å². The van der Waals surface area contributed by atoms with Gasteiger partial charge in [0.2, 0.25) is 11.8 Å². The number of amides is 1. The van der Waals surface area contributed by atoms with Crippen LogP contribution < -0.4 is 5.73 Å². The third-order valence-corrected chi connectivity index (χ3v) is 8.94. The SMILES string of the molecule is Cc1csc([C@H]2CCCN2C(=O)c2cc(-c3csc(C)n3)cc(-c3nnc([C@@](C)(N)Cc4ccccc4)o3)c2)n1. The van der Waals surface area contributed by atoms with Crippen LogP contribution in [0.25, 0.3) is 22.7 Å². The summed E-state index contributed by atoms with van der Waals surface area (Å²) in [5.74, 6) is 0.613. The van der Waals surface area contributed by atoms with Gasteiger partial charge < -0.3 is 15.1 Å². The van der Waals surface area contributed by atoms with Crippen molar-refractivity contribution in [3.63, 3.8) is 0 Å². The molecule has 1 amide bonds. The molecule has 2 aromatic carbocycles. The molecule has 10 heteroatoms. The third-order valence-electron chi connectivity index (χ3n) is 7.10. The molecule has 0 aliphatic carbocycles. The summed E-state index contributed by atoms with van der Waals surface area (Å²) in [6, 6.07) is 15.6. The first-order valence-electron chi connectivity index (χ1n) is 13.2. The van der Waals surface area contributed by atoms with Gasteiger partial charge in [-0.15, -0.1) is 32.9 Å². The maximum atomic E-state index is 14.0. The topological polar surface area (TPSA) is 111 Å². The molecule has 1 saturated heterocycles. The number of carbonyl (C=O) groups is 1. The van der Waals surface area contributed by atoms with E-state index in [1.54, 1.807) is 22.7 Å². The van der Waals surface area contributed by atoms with Gasteiger partial charge in [-0.25, -0.2) is 9.97 Å². The van der Waals surface area contributed by atoms with Gasteiger partial charge in [-0.3, -0.25) is 4.79 Å². The second-order valence-corrected chi connectivity index (χ2v) is 12.5. The predicted molar refractivity (Wildman–Crippen MR) is 157 cm³/mol. The molecule has 204 valence electrons. The van der Waals surface area contributed by atoms with Gasteiger partial charge in [-0.05, 0) is 63.8 Å². The summed E-state index contributed by atoms with van der Waals surface area (Å²) >= 11 is 3.18. The third kappa shape index (κ3) is 5.34. The number of aromatic nitrogens is 4.